The zero-order chi connectivity index (χ0) is 17.1. The fourth-order valence-electron chi connectivity index (χ4n) is 2.78. The first-order valence-corrected chi connectivity index (χ1v) is 7.82. The quantitative estimate of drug-likeness (QED) is 0.674. The molecule has 0 aliphatic carbocycles. The normalized spacial score (nSPS) is 13.6. The molecule has 2 atom stereocenters. The number of carbonyl (C=O) groups is 1. The van der Waals surface area contributed by atoms with Crippen LogP contribution in [0.4, 0.5) is 4.39 Å². The van der Waals surface area contributed by atoms with Crippen LogP contribution in [0.15, 0.2) is 54.7 Å². The van der Waals surface area contributed by atoms with Crippen LogP contribution >= 0.6 is 0 Å². The van der Waals surface area contributed by atoms with E-state index in [1.54, 1.807) is 6.92 Å². The standard InChI is InChI=1S/C19H19FN2O2/c1-12(19(24)13-6-8-15(20)9-7-13)22-18(23)10-14-11-21-17-5-3-2-4-16(14)17/h2-9,11-12,19,21,24H,10H2,1H3,(H,22,23). The number of aromatic nitrogens is 1. The molecular weight excluding hydrogens is 307 g/mol. The number of rotatable bonds is 5. The molecule has 1 heterocycles. The van der Waals surface area contributed by atoms with Crippen molar-refractivity contribution < 1.29 is 14.3 Å². The van der Waals surface area contributed by atoms with E-state index in [-0.39, 0.29) is 18.1 Å². The van der Waals surface area contributed by atoms with Gasteiger partial charge in [-0.3, -0.25) is 4.79 Å². The molecule has 0 bridgehead atoms. The van der Waals surface area contributed by atoms with Crippen molar-refractivity contribution in [2.75, 3.05) is 0 Å². The first-order valence-electron chi connectivity index (χ1n) is 7.82. The van der Waals surface area contributed by atoms with E-state index in [1.807, 2.05) is 30.5 Å². The fourth-order valence-corrected chi connectivity index (χ4v) is 2.78. The minimum absolute atomic E-state index is 0.173. The average molecular weight is 326 g/mol. The monoisotopic (exact) mass is 326 g/mol. The maximum Gasteiger partial charge on any atom is 0.224 e. The van der Waals surface area contributed by atoms with Crippen LogP contribution in [0, 0.1) is 5.82 Å². The first kappa shape index (κ1) is 16.2. The highest BCUT2D eigenvalue weighted by Gasteiger charge is 2.19. The van der Waals surface area contributed by atoms with Crippen molar-refractivity contribution in [3.05, 3.63) is 71.7 Å². The highest BCUT2D eigenvalue weighted by Crippen LogP contribution is 2.19. The summed E-state index contributed by atoms with van der Waals surface area (Å²) in [7, 11) is 0. The van der Waals surface area contributed by atoms with E-state index in [9.17, 15) is 14.3 Å². The molecule has 3 N–H and O–H groups in total. The van der Waals surface area contributed by atoms with E-state index in [2.05, 4.69) is 10.3 Å². The third-order valence-electron chi connectivity index (χ3n) is 4.10. The summed E-state index contributed by atoms with van der Waals surface area (Å²) in [4.78, 5) is 15.4. The van der Waals surface area contributed by atoms with Crippen LogP contribution in [0.25, 0.3) is 10.9 Å². The molecule has 0 fully saturated rings. The molecule has 0 aliphatic rings. The minimum atomic E-state index is -0.891. The number of fused-ring (bicyclic) bond motifs is 1. The zero-order valence-electron chi connectivity index (χ0n) is 13.3. The van der Waals surface area contributed by atoms with E-state index in [1.165, 1.54) is 24.3 Å². The molecule has 0 aliphatic heterocycles. The van der Waals surface area contributed by atoms with Gasteiger partial charge >= 0.3 is 0 Å². The molecule has 4 nitrogen and oxygen atoms in total. The molecule has 0 spiro atoms. The topological polar surface area (TPSA) is 65.1 Å². The summed E-state index contributed by atoms with van der Waals surface area (Å²) in [5, 5.41) is 14.1. The first-order chi connectivity index (χ1) is 11.5. The largest absolute Gasteiger partial charge is 0.386 e. The van der Waals surface area contributed by atoms with Crippen molar-refractivity contribution in [1.29, 1.82) is 0 Å². The minimum Gasteiger partial charge on any atom is -0.386 e. The van der Waals surface area contributed by atoms with Gasteiger partial charge in [0.05, 0.1) is 18.6 Å². The molecule has 3 rings (SSSR count). The predicted octanol–water partition coefficient (Wildman–Crippen LogP) is 3.09. The number of carbonyl (C=O) groups excluding carboxylic acids is 1. The summed E-state index contributed by atoms with van der Waals surface area (Å²) in [6, 6.07) is 12.9. The molecule has 124 valence electrons. The van der Waals surface area contributed by atoms with Crippen LogP contribution in [0.3, 0.4) is 0 Å². The van der Waals surface area contributed by atoms with Gasteiger partial charge in [0.2, 0.25) is 5.91 Å². The lowest BCUT2D eigenvalue weighted by Gasteiger charge is -2.20. The SMILES string of the molecule is CC(NC(=O)Cc1c[nH]c2ccccc12)C(O)c1ccc(F)cc1. The highest BCUT2D eigenvalue weighted by molar-refractivity contribution is 5.88. The molecule has 3 aromatic rings. The molecular formula is C19H19FN2O2. The number of para-hydroxylation sites is 1. The van der Waals surface area contributed by atoms with Crippen LogP contribution in [-0.2, 0) is 11.2 Å². The summed E-state index contributed by atoms with van der Waals surface area (Å²) in [5.74, 6) is -0.532. The number of aliphatic hydroxyl groups is 1. The summed E-state index contributed by atoms with van der Waals surface area (Å²) in [6.45, 7) is 1.72. The second-order valence-corrected chi connectivity index (χ2v) is 5.89. The average Bonchev–Trinajstić information content (AvgIpc) is 2.98. The van der Waals surface area contributed by atoms with Crippen LogP contribution in [-0.4, -0.2) is 22.0 Å². The molecule has 5 heteroatoms. The number of aliphatic hydroxyl groups excluding tert-OH is 1. The van der Waals surface area contributed by atoms with E-state index in [0.717, 1.165) is 16.5 Å². The predicted molar refractivity (Wildman–Crippen MR) is 91.0 cm³/mol. The highest BCUT2D eigenvalue weighted by atomic mass is 19.1. The third-order valence-corrected chi connectivity index (χ3v) is 4.10. The number of benzene rings is 2. The smallest absolute Gasteiger partial charge is 0.224 e. The van der Waals surface area contributed by atoms with Gasteiger partial charge in [-0.1, -0.05) is 30.3 Å². The van der Waals surface area contributed by atoms with Gasteiger partial charge in [0.25, 0.3) is 0 Å². The Bertz CT molecular complexity index is 842. The molecule has 24 heavy (non-hydrogen) atoms. The van der Waals surface area contributed by atoms with Crippen LogP contribution in [0.2, 0.25) is 0 Å². The van der Waals surface area contributed by atoms with E-state index in [4.69, 9.17) is 0 Å². The van der Waals surface area contributed by atoms with Crippen LogP contribution in [0.1, 0.15) is 24.2 Å². The summed E-state index contributed by atoms with van der Waals surface area (Å²) >= 11 is 0. The number of H-pyrrole nitrogens is 1. The molecule has 0 saturated carbocycles. The summed E-state index contributed by atoms with van der Waals surface area (Å²) < 4.78 is 12.9. The van der Waals surface area contributed by atoms with Gasteiger partial charge in [-0.05, 0) is 36.2 Å². The molecule has 0 saturated heterocycles. The second kappa shape index (κ2) is 6.84. The number of hydrogen-bond acceptors (Lipinski definition) is 2. The Morgan fingerprint density at radius 1 is 1.21 bits per heavy atom. The molecule has 2 unspecified atom stereocenters. The maximum atomic E-state index is 12.9. The summed E-state index contributed by atoms with van der Waals surface area (Å²) in [6.07, 6.45) is 1.16. The Hall–Kier alpha value is -2.66. The van der Waals surface area contributed by atoms with Gasteiger partial charge in [-0.2, -0.15) is 0 Å². The van der Waals surface area contributed by atoms with Crippen molar-refractivity contribution in [2.24, 2.45) is 0 Å². The van der Waals surface area contributed by atoms with Gasteiger partial charge in [0.15, 0.2) is 0 Å². The Morgan fingerprint density at radius 2 is 1.92 bits per heavy atom. The van der Waals surface area contributed by atoms with Crippen molar-refractivity contribution in [3.8, 4) is 0 Å². The van der Waals surface area contributed by atoms with Crippen LogP contribution < -0.4 is 5.32 Å². The third kappa shape index (κ3) is 3.46. The van der Waals surface area contributed by atoms with E-state index >= 15 is 0 Å². The lowest BCUT2D eigenvalue weighted by Crippen LogP contribution is -2.37. The van der Waals surface area contributed by atoms with E-state index < -0.39 is 12.1 Å². The number of hydrogen-bond donors (Lipinski definition) is 3. The maximum absolute atomic E-state index is 12.9. The van der Waals surface area contributed by atoms with Crippen molar-refractivity contribution in [1.82, 2.24) is 10.3 Å². The summed E-state index contributed by atoms with van der Waals surface area (Å²) in [5.41, 5.74) is 2.46. The zero-order valence-corrected chi connectivity index (χ0v) is 13.3. The van der Waals surface area contributed by atoms with Crippen LogP contribution in [0.5, 0.6) is 0 Å². The lowest BCUT2D eigenvalue weighted by molar-refractivity contribution is -0.121. The van der Waals surface area contributed by atoms with Crippen molar-refractivity contribution >= 4 is 16.8 Å². The van der Waals surface area contributed by atoms with Gasteiger partial charge < -0.3 is 15.4 Å². The van der Waals surface area contributed by atoms with Gasteiger partial charge in [0.1, 0.15) is 5.82 Å². The Labute approximate surface area is 139 Å². The fraction of sp³-hybridized carbons (Fsp3) is 0.211. The van der Waals surface area contributed by atoms with Crippen molar-refractivity contribution in [2.45, 2.75) is 25.5 Å². The Morgan fingerprint density at radius 3 is 2.67 bits per heavy atom. The molecule has 1 aromatic heterocycles. The second-order valence-electron chi connectivity index (χ2n) is 5.89. The molecule has 1 amide bonds. The lowest BCUT2D eigenvalue weighted by atomic mass is 10.0. The van der Waals surface area contributed by atoms with Gasteiger partial charge in [0, 0.05) is 17.1 Å². The van der Waals surface area contributed by atoms with Gasteiger partial charge in [-0.25, -0.2) is 4.39 Å². The number of nitrogens with one attached hydrogen (secondary N) is 2. The Kier molecular flexibility index (Phi) is 4.62. The van der Waals surface area contributed by atoms with Crippen molar-refractivity contribution in [3.63, 3.8) is 0 Å². The number of amides is 1. The molecule has 2 aromatic carbocycles. The van der Waals surface area contributed by atoms with Gasteiger partial charge in [-0.15, -0.1) is 0 Å². The Balaban J connectivity index is 1.64. The number of aromatic amines is 1. The number of halogens is 1. The van der Waals surface area contributed by atoms with E-state index in [0.29, 0.717) is 5.56 Å². The molecule has 0 radical (unpaired) electrons.